The minimum atomic E-state index is -1.00. The maximum Gasteiger partial charge on any atom is 0.351 e. The maximum atomic E-state index is 12.3. The molecule has 0 radical (unpaired) electrons. The summed E-state index contributed by atoms with van der Waals surface area (Å²) in [6, 6.07) is 10.9. The van der Waals surface area contributed by atoms with Gasteiger partial charge in [0.25, 0.3) is 0 Å². The number of nitrogens with one attached hydrogen (secondary N) is 1. The zero-order valence-electron chi connectivity index (χ0n) is 15.3. The molecule has 1 aliphatic rings. The van der Waals surface area contributed by atoms with Gasteiger partial charge >= 0.3 is 5.97 Å². The molecule has 0 saturated carbocycles. The summed E-state index contributed by atoms with van der Waals surface area (Å²) in [6.45, 7) is 2.43. The molecule has 8 nitrogen and oxygen atoms in total. The minimum absolute atomic E-state index is 0.0962. The van der Waals surface area contributed by atoms with E-state index in [-0.39, 0.29) is 17.0 Å². The molecule has 0 fully saturated rings. The molecule has 2 unspecified atom stereocenters. The van der Waals surface area contributed by atoms with Crippen LogP contribution < -0.4 is 14.8 Å². The van der Waals surface area contributed by atoms with E-state index in [1.54, 1.807) is 31.2 Å². The van der Waals surface area contributed by atoms with Gasteiger partial charge in [0.2, 0.25) is 12.0 Å². The van der Waals surface area contributed by atoms with Crippen molar-refractivity contribution >= 4 is 23.3 Å². The van der Waals surface area contributed by atoms with Crippen molar-refractivity contribution in [3.8, 4) is 17.2 Å². The van der Waals surface area contributed by atoms with E-state index in [4.69, 9.17) is 14.2 Å². The van der Waals surface area contributed by atoms with Crippen molar-refractivity contribution in [1.82, 2.24) is 0 Å². The van der Waals surface area contributed by atoms with Gasteiger partial charge in [-0.15, -0.1) is 0 Å². The summed E-state index contributed by atoms with van der Waals surface area (Å²) < 4.78 is 16.4. The number of phenols is 1. The Labute approximate surface area is 161 Å². The van der Waals surface area contributed by atoms with E-state index in [1.807, 2.05) is 0 Å². The van der Waals surface area contributed by atoms with E-state index in [2.05, 4.69) is 5.32 Å². The SMILES string of the molecule is CC(=O)Nc1cc(C(=O)COC(=O)C2Oc3ccccc3OC2C)ccc1O. The van der Waals surface area contributed by atoms with Crippen LogP contribution >= 0.6 is 0 Å². The monoisotopic (exact) mass is 385 g/mol. The summed E-state index contributed by atoms with van der Waals surface area (Å²) in [5.74, 6) is -0.836. The highest BCUT2D eigenvalue weighted by Gasteiger charge is 2.35. The van der Waals surface area contributed by atoms with E-state index in [9.17, 15) is 19.5 Å². The van der Waals surface area contributed by atoms with Gasteiger partial charge in [0, 0.05) is 12.5 Å². The average molecular weight is 385 g/mol. The van der Waals surface area contributed by atoms with Crippen LogP contribution in [0.1, 0.15) is 24.2 Å². The molecule has 8 heteroatoms. The van der Waals surface area contributed by atoms with Crippen molar-refractivity contribution in [3.05, 3.63) is 48.0 Å². The second kappa shape index (κ2) is 7.99. The number of ketones is 1. The molecule has 0 aromatic heterocycles. The number of hydrogen-bond donors (Lipinski definition) is 2. The third kappa shape index (κ3) is 4.22. The van der Waals surface area contributed by atoms with Crippen LogP contribution in [0.15, 0.2) is 42.5 Å². The van der Waals surface area contributed by atoms with Crippen LogP contribution in [0.5, 0.6) is 17.2 Å². The highest BCUT2D eigenvalue weighted by Crippen LogP contribution is 2.33. The van der Waals surface area contributed by atoms with Crippen LogP contribution in [-0.4, -0.2) is 41.6 Å². The number of aromatic hydroxyl groups is 1. The first kappa shape index (κ1) is 19.2. The second-order valence-electron chi connectivity index (χ2n) is 6.25. The first-order chi connectivity index (χ1) is 13.3. The van der Waals surface area contributed by atoms with Gasteiger partial charge in [-0.3, -0.25) is 9.59 Å². The quantitative estimate of drug-likeness (QED) is 0.461. The molecule has 1 aliphatic heterocycles. The van der Waals surface area contributed by atoms with E-state index < -0.39 is 36.5 Å². The van der Waals surface area contributed by atoms with Crippen molar-refractivity contribution < 1.29 is 33.7 Å². The number of rotatable bonds is 5. The molecule has 2 aromatic rings. The highest BCUT2D eigenvalue weighted by atomic mass is 16.6. The van der Waals surface area contributed by atoms with E-state index in [0.717, 1.165) is 0 Å². The number of anilines is 1. The van der Waals surface area contributed by atoms with Gasteiger partial charge in [0.15, 0.2) is 23.9 Å². The fourth-order valence-corrected chi connectivity index (χ4v) is 2.68. The Morgan fingerprint density at radius 2 is 1.79 bits per heavy atom. The number of phenolic OH excluding ortho intramolecular Hbond substituents is 1. The van der Waals surface area contributed by atoms with Gasteiger partial charge in [-0.25, -0.2) is 4.79 Å². The first-order valence-electron chi connectivity index (χ1n) is 8.58. The number of amides is 1. The summed E-state index contributed by atoms with van der Waals surface area (Å²) in [4.78, 5) is 35.8. The van der Waals surface area contributed by atoms with Gasteiger partial charge in [-0.1, -0.05) is 12.1 Å². The number of para-hydroxylation sites is 2. The van der Waals surface area contributed by atoms with Crippen LogP contribution in [0.3, 0.4) is 0 Å². The Morgan fingerprint density at radius 3 is 2.46 bits per heavy atom. The number of esters is 1. The Balaban J connectivity index is 1.63. The summed E-state index contributed by atoms with van der Waals surface area (Å²) >= 11 is 0. The molecule has 0 saturated heterocycles. The lowest BCUT2D eigenvalue weighted by Crippen LogP contribution is -2.44. The van der Waals surface area contributed by atoms with Gasteiger partial charge < -0.3 is 24.6 Å². The number of benzene rings is 2. The zero-order chi connectivity index (χ0) is 20.3. The standard InChI is InChI=1S/C20H19NO7/c1-11-19(28-18-6-4-3-5-17(18)27-11)20(25)26-10-16(24)13-7-8-15(23)14(9-13)21-12(2)22/h3-9,11,19,23H,10H2,1-2H3,(H,21,22). The normalized spacial score (nSPS) is 17.5. The van der Waals surface area contributed by atoms with E-state index in [0.29, 0.717) is 11.5 Å². The fraction of sp³-hybridized carbons (Fsp3) is 0.250. The number of carbonyl (C=O) groups excluding carboxylic acids is 3. The number of ether oxygens (including phenoxy) is 3. The molecule has 3 rings (SSSR count). The molecule has 2 aromatic carbocycles. The number of hydrogen-bond acceptors (Lipinski definition) is 7. The Bertz CT molecular complexity index is 925. The lowest BCUT2D eigenvalue weighted by atomic mass is 10.1. The largest absolute Gasteiger partial charge is 0.506 e. The smallest absolute Gasteiger partial charge is 0.351 e. The molecule has 0 spiro atoms. The Morgan fingerprint density at radius 1 is 1.11 bits per heavy atom. The first-order valence-corrected chi connectivity index (χ1v) is 8.58. The minimum Gasteiger partial charge on any atom is -0.506 e. The van der Waals surface area contributed by atoms with Crippen LogP contribution in [0.2, 0.25) is 0 Å². The Kier molecular flexibility index (Phi) is 5.49. The van der Waals surface area contributed by atoms with Gasteiger partial charge in [-0.2, -0.15) is 0 Å². The van der Waals surface area contributed by atoms with Crippen LogP contribution in [0, 0.1) is 0 Å². The third-order valence-corrected chi connectivity index (χ3v) is 4.05. The second-order valence-corrected chi connectivity index (χ2v) is 6.25. The fourth-order valence-electron chi connectivity index (χ4n) is 2.68. The van der Waals surface area contributed by atoms with Crippen molar-refractivity contribution in [2.75, 3.05) is 11.9 Å². The molecular formula is C20H19NO7. The average Bonchev–Trinajstić information content (AvgIpc) is 2.66. The molecule has 146 valence electrons. The van der Waals surface area contributed by atoms with Gasteiger partial charge in [-0.05, 0) is 37.3 Å². The van der Waals surface area contributed by atoms with Gasteiger partial charge in [0.1, 0.15) is 11.9 Å². The molecular weight excluding hydrogens is 366 g/mol. The zero-order valence-corrected chi connectivity index (χ0v) is 15.3. The maximum absolute atomic E-state index is 12.3. The van der Waals surface area contributed by atoms with Crippen LogP contribution in [0.25, 0.3) is 0 Å². The van der Waals surface area contributed by atoms with E-state index in [1.165, 1.54) is 25.1 Å². The molecule has 28 heavy (non-hydrogen) atoms. The van der Waals surface area contributed by atoms with Crippen LogP contribution in [-0.2, 0) is 14.3 Å². The molecule has 0 aliphatic carbocycles. The highest BCUT2D eigenvalue weighted by molar-refractivity contribution is 6.00. The van der Waals surface area contributed by atoms with Gasteiger partial charge in [0.05, 0.1) is 5.69 Å². The predicted octanol–water partition coefficient (Wildman–Crippen LogP) is 2.31. The summed E-state index contributed by atoms with van der Waals surface area (Å²) in [5, 5.41) is 12.1. The molecule has 1 heterocycles. The third-order valence-electron chi connectivity index (χ3n) is 4.05. The predicted molar refractivity (Wildman–Crippen MR) is 98.6 cm³/mol. The summed E-state index contributed by atoms with van der Waals surface area (Å²) in [7, 11) is 0. The summed E-state index contributed by atoms with van der Waals surface area (Å²) in [5.41, 5.74) is 0.271. The topological polar surface area (TPSA) is 111 Å². The van der Waals surface area contributed by atoms with Crippen molar-refractivity contribution in [2.24, 2.45) is 0 Å². The van der Waals surface area contributed by atoms with E-state index >= 15 is 0 Å². The lowest BCUT2D eigenvalue weighted by Gasteiger charge is -2.30. The van der Waals surface area contributed by atoms with Crippen molar-refractivity contribution in [3.63, 3.8) is 0 Å². The van der Waals surface area contributed by atoms with Crippen LogP contribution in [0.4, 0.5) is 5.69 Å². The molecule has 2 atom stereocenters. The lowest BCUT2D eigenvalue weighted by molar-refractivity contribution is -0.156. The number of fused-ring (bicyclic) bond motifs is 1. The number of Topliss-reactive ketones (excluding diaryl/α,β-unsaturated/α-hetero) is 1. The van der Waals surface area contributed by atoms with Crippen molar-refractivity contribution in [2.45, 2.75) is 26.1 Å². The summed E-state index contributed by atoms with van der Waals surface area (Å²) in [6.07, 6.45) is -1.59. The molecule has 2 N–H and O–H groups in total. The number of carbonyl (C=O) groups is 3. The Hall–Kier alpha value is -3.55. The van der Waals surface area contributed by atoms with Crippen molar-refractivity contribution in [1.29, 1.82) is 0 Å². The molecule has 1 amide bonds. The molecule has 0 bridgehead atoms.